The van der Waals surface area contributed by atoms with Crippen molar-refractivity contribution in [3.05, 3.63) is 11.9 Å². The summed E-state index contributed by atoms with van der Waals surface area (Å²) in [7, 11) is 2.83. The summed E-state index contributed by atoms with van der Waals surface area (Å²) in [5.41, 5.74) is -1.08. The number of likely N-dealkylation sites (tertiary alicyclic amines) is 1. The smallest absolute Gasteiger partial charge is 0.278 e. The number of amides is 1. The minimum atomic E-state index is -1.18. The molecule has 8 heteroatoms. The largest absolute Gasteiger partial charge is 0.477 e. The highest BCUT2D eigenvalue weighted by atomic mass is 16.5. The van der Waals surface area contributed by atoms with E-state index in [-0.39, 0.29) is 29.9 Å². The number of ether oxygens (including phenoxy) is 2. The zero-order valence-electron chi connectivity index (χ0n) is 12.2. The van der Waals surface area contributed by atoms with Crippen LogP contribution in [0.1, 0.15) is 23.8 Å². The summed E-state index contributed by atoms with van der Waals surface area (Å²) in [5.74, 6) is -0.0680. The molecule has 0 unspecified atom stereocenters. The number of hydrogen-bond acceptors (Lipinski definition) is 7. The van der Waals surface area contributed by atoms with Crippen LogP contribution in [0.5, 0.6) is 11.8 Å². The molecule has 1 aliphatic heterocycles. The monoisotopic (exact) mass is 297 g/mol. The van der Waals surface area contributed by atoms with Gasteiger partial charge < -0.3 is 24.6 Å². The Hall–Kier alpha value is -1.93. The van der Waals surface area contributed by atoms with Crippen LogP contribution in [0.2, 0.25) is 0 Å². The molecular formula is C13H19N3O5. The van der Waals surface area contributed by atoms with E-state index in [1.165, 1.54) is 25.3 Å². The number of carbonyl (C=O) groups excluding carboxylic acids is 1. The first-order valence-electron chi connectivity index (χ1n) is 6.53. The number of aliphatic hydroxyl groups is 2. The first-order valence-corrected chi connectivity index (χ1v) is 6.53. The highest BCUT2D eigenvalue weighted by Gasteiger charge is 2.38. The second kappa shape index (κ2) is 5.82. The molecule has 1 aromatic heterocycles. The van der Waals surface area contributed by atoms with E-state index < -0.39 is 11.7 Å². The van der Waals surface area contributed by atoms with Gasteiger partial charge in [0.2, 0.25) is 0 Å². The van der Waals surface area contributed by atoms with Crippen LogP contribution in [-0.4, -0.2) is 70.0 Å². The number of β-amino-alcohol motifs (C(OH)–C–C–N with tert-alkyl or cyclic N) is 1. The van der Waals surface area contributed by atoms with Gasteiger partial charge in [-0.15, -0.1) is 0 Å². The summed E-state index contributed by atoms with van der Waals surface area (Å²) in [5, 5.41) is 19.8. The van der Waals surface area contributed by atoms with Crippen molar-refractivity contribution in [1.29, 1.82) is 0 Å². The minimum Gasteiger partial charge on any atom is -0.477 e. The Bertz CT molecular complexity index is 535. The first kappa shape index (κ1) is 15.5. The van der Waals surface area contributed by atoms with Crippen LogP contribution in [0.4, 0.5) is 0 Å². The van der Waals surface area contributed by atoms with Crippen molar-refractivity contribution >= 4 is 5.91 Å². The van der Waals surface area contributed by atoms with Gasteiger partial charge in [0.05, 0.1) is 32.1 Å². The lowest BCUT2D eigenvalue weighted by atomic mass is 9.90. The maximum Gasteiger partial charge on any atom is 0.278 e. The van der Waals surface area contributed by atoms with Crippen LogP contribution in [0.25, 0.3) is 0 Å². The number of hydrogen-bond donors (Lipinski definition) is 2. The van der Waals surface area contributed by atoms with Gasteiger partial charge in [0, 0.05) is 13.1 Å². The molecule has 2 rings (SSSR count). The van der Waals surface area contributed by atoms with E-state index in [0.717, 1.165) is 0 Å². The molecule has 1 aromatic rings. The quantitative estimate of drug-likeness (QED) is 0.771. The van der Waals surface area contributed by atoms with Gasteiger partial charge in [-0.25, -0.2) is 9.97 Å². The molecule has 0 saturated carbocycles. The lowest BCUT2D eigenvalue weighted by Crippen LogP contribution is -2.55. The third kappa shape index (κ3) is 3.06. The fourth-order valence-electron chi connectivity index (χ4n) is 2.11. The Balaban J connectivity index is 2.17. The van der Waals surface area contributed by atoms with Crippen molar-refractivity contribution in [2.75, 3.05) is 27.3 Å². The molecule has 0 bridgehead atoms. The molecule has 116 valence electrons. The van der Waals surface area contributed by atoms with E-state index in [1.807, 2.05) is 0 Å². The van der Waals surface area contributed by atoms with Gasteiger partial charge in [0.15, 0.2) is 5.69 Å². The summed E-state index contributed by atoms with van der Waals surface area (Å²) >= 11 is 0. The topological polar surface area (TPSA) is 105 Å². The summed E-state index contributed by atoms with van der Waals surface area (Å²) in [6, 6.07) is 0. The van der Waals surface area contributed by atoms with Gasteiger partial charge in [0.25, 0.3) is 17.7 Å². The number of piperidine rings is 1. The number of methoxy groups -OCH3 is 2. The fraction of sp³-hybridized carbons (Fsp3) is 0.615. The second-order valence-corrected chi connectivity index (χ2v) is 5.15. The fourth-order valence-corrected chi connectivity index (χ4v) is 2.11. The first-order chi connectivity index (χ1) is 9.89. The molecule has 2 atom stereocenters. The molecule has 0 aliphatic carbocycles. The number of aliphatic hydroxyl groups excluding tert-OH is 1. The lowest BCUT2D eigenvalue weighted by molar-refractivity contribution is -0.1000. The normalized spacial score (nSPS) is 25.6. The van der Waals surface area contributed by atoms with Gasteiger partial charge in [-0.1, -0.05) is 0 Å². The third-order valence-electron chi connectivity index (χ3n) is 3.60. The number of aromatic nitrogens is 2. The molecule has 0 radical (unpaired) electrons. The zero-order chi connectivity index (χ0) is 15.6. The van der Waals surface area contributed by atoms with Gasteiger partial charge in [0.1, 0.15) is 0 Å². The summed E-state index contributed by atoms with van der Waals surface area (Å²) in [4.78, 5) is 21.8. The molecule has 2 N–H and O–H groups in total. The number of nitrogens with zero attached hydrogens (tertiary/aromatic N) is 3. The van der Waals surface area contributed by atoms with E-state index in [9.17, 15) is 15.0 Å². The zero-order valence-corrected chi connectivity index (χ0v) is 12.2. The van der Waals surface area contributed by atoms with Crippen LogP contribution >= 0.6 is 0 Å². The van der Waals surface area contributed by atoms with Crippen LogP contribution in [0.3, 0.4) is 0 Å². The minimum absolute atomic E-state index is 0.0435. The molecular weight excluding hydrogens is 278 g/mol. The molecule has 8 nitrogen and oxygen atoms in total. The highest BCUT2D eigenvalue weighted by molar-refractivity contribution is 5.92. The predicted molar refractivity (Wildman–Crippen MR) is 72.3 cm³/mol. The average Bonchev–Trinajstić information content (AvgIpc) is 2.48. The predicted octanol–water partition coefficient (Wildman–Crippen LogP) is -0.548. The maximum atomic E-state index is 12.4. The van der Waals surface area contributed by atoms with Crippen LogP contribution in [0.15, 0.2) is 6.20 Å². The van der Waals surface area contributed by atoms with Crippen molar-refractivity contribution in [2.24, 2.45) is 0 Å². The van der Waals surface area contributed by atoms with E-state index in [2.05, 4.69) is 9.97 Å². The summed E-state index contributed by atoms with van der Waals surface area (Å²) < 4.78 is 9.97. The third-order valence-corrected chi connectivity index (χ3v) is 3.60. The summed E-state index contributed by atoms with van der Waals surface area (Å²) in [6.07, 6.45) is 0.590. The summed E-state index contributed by atoms with van der Waals surface area (Å²) in [6.45, 7) is 1.93. The number of rotatable bonds is 3. The Morgan fingerprint density at radius 2 is 2.10 bits per heavy atom. The van der Waals surface area contributed by atoms with Crippen molar-refractivity contribution in [2.45, 2.75) is 25.0 Å². The van der Waals surface area contributed by atoms with E-state index in [1.54, 1.807) is 6.92 Å². The standard InChI is InChI=1S/C13H19N3O5/c1-13(19)4-5-16(7-9(13)17)12(18)8-6-14-10(20-2)11(15-8)21-3/h6,9,17,19H,4-5,7H2,1-3H3/t9-,13-/m0/s1. The van der Waals surface area contributed by atoms with Crippen LogP contribution in [0, 0.1) is 0 Å². The maximum absolute atomic E-state index is 12.4. The van der Waals surface area contributed by atoms with Gasteiger partial charge in [-0.3, -0.25) is 4.79 Å². The molecule has 1 saturated heterocycles. The van der Waals surface area contributed by atoms with Gasteiger partial charge in [-0.05, 0) is 13.3 Å². The Morgan fingerprint density at radius 3 is 2.67 bits per heavy atom. The molecule has 0 spiro atoms. The van der Waals surface area contributed by atoms with E-state index >= 15 is 0 Å². The Labute approximate surface area is 122 Å². The molecule has 1 fully saturated rings. The Kier molecular flexibility index (Phi) is 4.29. The second-order valence-electron chi connectivity index (χ2n) is 5.15. The van der Waals surface area contributed by atoms with Gasteiger partial charge in [-0.2, -0.15) is 0 Å². The lowest BCUT2D eigenvalue weighted by Gasteiger charge is -2.39. The van der Waals surface area contributed by atoms with E-state index in [0.29, 0.717) is 13.0 Å². The van der Waals surface area contributed by atoms with Crippen molar-refractivity contribution in [1.82, 2.24) is 14.9 Å². The van der Waals surface area contributed by atoms with Crippen molar-refractivity contribution < 1.29 is 24.5 Å². The SMILES string of the molecule is COc1ncc(C(=O)N2CC[C@](C)(O)[C@@H](O)C2)nc1OC. The molecule has 1 amide bonds. The van der Waals surface area contributed by atoms with Crippen LogP contribution in [-0.2, 0) is 0 Å². The molecule has 1 aliphatic rings. The van der Waals surface area contributed by atoms with Crippen molar-refractivity contribution in [3.8, 4) is 11.8 Å². The van der Waals surface area contributed by atoms with E-state index in [4.69, 9.17) is 9.47 Å². The number of carbonyl (C=O) groups is 1. The Morgan fingerprint density at radius 1 is 1.43 bits per heavy atom. The highest BCUT2D eigenvalue weighted by Crippen LogP contribution is 2.24. The van der Waals surface area contributed by atoms with Gasteiger partial charge >= 0.3 is 0 Å². The molecule has 21 heavy (non-hydrogen) atoms. The molecule has 0 aromatic carbocycles. The molecule has 2 heterocycles. The van der Waals surface area contributed by atoms with Crippen molar-refractivity contribution in [3.63, 3.8) is 0 Å². The average molecular weight is 297 g/mol. The van der Waals surface area contributed by atoms with Crippen LogP contribution < -0.4 is 9.47 Å².